The van der Waals surface area contributed by atoms with Gasteiger partial charge in [0.05, 0.1) is 7.11 Å². The van der Waals surface area contributed by atoms with Crippen molar-refractivity contribution in [3.63, 3.8) is 0 Å². The van der Waals surface area contributed by atoms with Gasteiger partial charge in [0, 0.05) is 6.42 Å². The number of ether oxygens (including phenoxy) is 1. The van der Waals surface area contributed by atoms with E-state index in [-0.39, 0.29) is 11.5 Å². The van der Waals surface area contributed by atoms with Crippen molar-refractivity contribution in [3.8, 4) is 11.5 Å². The van der Waals surface area contributed by atoms with Gasteiger partial charge in [-0.25, -0.2) is 0 Å². The van der Waals surface area contributed by atoms with Crippen molar-refractivity contribution in [3.05, 3.63) is 35.9 Å². The van der Waals surface area contributed by atoms with E-state index in [1.807, 2.05) is 12.1 Å². The lowest BCUT2D eigenvalue weighted by Crippen LogP contribution is -1.96. The largest absolute Gasteiger partial charge is 0.504 e. The summed E-state index contributed by atoms with van der Waals surface area (Å²) in [6.45, 7) is 2.26. The minimum atomic E-state index is 0.129. The van der Waals surface area contributed by atoms with Crippen LogP contribution in [0, 0.1) is 0 Å². The zero-order valence-corrected chi connectivity index (χ0v) is 17.3. The molecule has 0 aromatic heterocycles. The maximum Gasteiger partial charge on any atom is 0.160 e. The number of carbonyl (C=O) groups is 1. The summed E-state index contributed by atoms with van der Waals surface area (Å²) in [6.07, 6.45) is 19.3. The van der Waals surface area contributed by atoms with Crippen LogP contribution in [0.1, 0.15) is 89.5 Å². The lowest BCUT2D eigenvalue weighted by Gasteiger charge is -2.05. The standard InChI is InChI=1S/C24H38O3/c1-3-4-5-6-7-8-9-10-11-12-13-14-15-22(25)18-16-21-17-19-23(26)24(20-21)27-2/h14-15,17,19-20,26H,3-13,16,18H2,1-2H3. The Balaban J connectivity index is 2.03. The maximum absolute atomic E-state index is 12.0. The van der Waals surface area contributed by atoms with Gasteiger partial charge in [-0.2, -0.15) is 0 Å². The number of phenols is 1. The van der Waals surface area contributed by atoms with E-state index >= 15 is 0 Å². The third-order valence-electron chi connectivity index (χ3n) is 4.93. The predicted molar refractivity (Wildman–Crippen MR) is 114 cm³/mol. The minimum Gasteiger partial charge on any atom is -0.504 e. The van der Waals surface area contributed by atoms with Gasteiger partial charge < -0.3 is 9.84 Å². The van der Waals surface area contributed by atoms with Crippen LogP contribution in [0.2, 0.25) is 0 Å². The van der Waals surface area contributed by atoms with Crippen LogP contribution in [-0.2, 0) is 11.2 Å². The van der Waals surface area contributed by atoms with E-state index in [4.69, 9.17) is 4.74 Å². The van der Waals surface area contributed by atoms with Gasteiger partial charge in [0.25, 0.3) is 0 Å². The highest BCUT2D eigenvalue weighted by Gasteiger charge is 2.04. The van der Waals surface area contributed by atoms with Crippen LogP contribution < -0.4 is 4.74 Å². The lowest BCUT2D eigenvalue weighted by atomic mass is 10.0. The number of hydrogen-bond acceptors (Lipinski definition) is 3. The summed E-state index contributed by atoms with van der Waals surface area (Å²) in [5, 5.41) is 9.59. The minimum absolute atomic E-state index is 0.129. The number of rotatable bonds is 16. The van der Waals surface area contributed by atoms with Gasteiger partial charge in [-0.05, 0) is 43.0 Å². The Morgan fingerprint density at radius 2 is 1.63 bits per heavy atom. The fraction of sp³-hybridized carbons (Fsp3) is 0.625. The molecule has 0 aliphatic carbocycles. The third kappa shape index (κ3) is 11.5. The molecule has 0 saturated heterocycles. The van der Waals surface area contributed by atoms with Gasteiger partial charge in [0.1, 0.15) is 0 Å². The SMILES string of the molecule is CCCCCCCCCCCCC=CC(=O)CCc1ccc(O)c(OC)c1. The summed E-state index contributed by atoms with van der Waals surface area (Å²) in [6, 6.07) is 5.23. The molecule has 0 bridgehead atoms. The van der Waals surface area contributed by atoms with Gasteiger partial charge in [-0.15, -0.1) is 0 Å². The Hall–Kier alpha value is -1.77. The number of unbranched alkanes of at least 4 members (excludes halogenated alkanes) is 10. The quantitative estimate of drug-likeness (QED) is 0.256. The Morgan fingerprint density at radius 1 is 1.00 bits per heavy atom. The van der Waals surface area contributed by atoms with Gasteiger partial charge in [-0.1, -0.05) is 76.9 Å². The van der Waals surface area contributed by atoms with Crippen molar-refractivity contribution < 1.29 is 14.6 Å². The highest BCUT2D eigenvalue weighted by Crippen LogP contribution is 2.26. The van der Waals surface area contributed by atoms with E-state index in [1.165, 1.54) is 71.3 Å². The zero-order chi connectivity index (χ0) is 19.7. The molecule has 0 radical (unpaired) electrons. The number of methoxy groups -OCH3 is 1. The third-order valence-corrected chi connectivity index (χ3v) is 4.93. The van der Waals surface area contributed by atoms with Crippen molar-refractivity contribution >= 4 is 5.78 Å². The number of ketones is 1. The van der Waals surface area contributed by atoms with Crippen molar-refractivity contribution in [1.82, 2.24) is 0 Å². The molecule has 0 aliphatic heterocycles. The van der Waals surface area contributed by atoms with E-state index in [0.717, 1.165) is 12.0 Å². The Kier molecular flexibility index (Phi) is 13.2. The predicted octanol–water partition coefficient (Wildman–Crippen LogP) is 6.77. The monoisotopic (exact) mass is 374 g/mol. The van der Waals surface area contributed by atoms with Crippen LogP contribution in [0.25, 0.3) is 0 Å². The summed E-state index contributed by atoms with van der Waals surface area (Å²) < 4.78 is 5.09. The van der Waals surface area contributed by atoms with Gasteiger partial charge in [-0.3, -0.25) is 4.79 Å². The number of carbonyl (C=O) groups excluding carboxylic acids is 1. The number of allylic oxidation sites excluding steroid dienone is 2. The van der Waals surface area contributed by atoms with E-state index in [9.17, 15) is 9.90 Å². The number of hydrogen-bond donors (Lipinski definition) is 1. The molecular weight excluding hydrogens is 336 g/mol. The van der Waals surface area contributed by atoms with Gasteiger partial charge in [0.2, 0.25) is 0 Å². The van der Waals surface area contributed by atoms with Crippen molar-refractivity contribution in [1.29, 1.82) is 0 Å². The molecule has 0 saturated carbocycles. The first-order valence-corrected chi connectivity index (χ1v) is 10.7. The first-order valence-electron chi connectivity index (χ1n) is 10.7. The van der Waals surface area contributed by atoms with E-state index in [1.54, 1.807) is 18.2 Å². The molecule has 1 N–H and O–H groups in total. The summed E-state index contributed by atoms with van der Waals surface area (Å²) in [4.78, 5) is 12.0. The molecule has 0 atom stereocenters. The average Bonchev–Trinajstić information content (AvgIpc) is 2.68. The summed E-state index contributed by atoms with van der Waals surface area (Å²) in [5.41, 5.74) is 1.00. The summed E-state index contributed by atoms with van der Waals surface area (Å²) in [7, 11) is 1.53. The topological polar surface area (TPSA) is 46.5 Å². The van der Waals surface area contributed by atoms with Crippen molar-refractivity contribution in [2.45, 2.75) is 90.4 Å². The Bertz CT molecular complexity index is 549. The van der Waals surface area contributed by atoms with E-state index in [2.05, 4.69) is 6.92 Å². The number of aromatic hydroxyl groups is 1. The highest BCUT2D eigenvalue weighted by atomic mass is 16.5. The molecule has 0 aliphatic rings. The molecule has 0 amide bonds. The van der Waals surface area contributed by atoms with E-state index < -0.39 is 0 Å². The fourth-order valence-corrected chi connectivity index (χ4v) is 3.19. The maximum atomic E-state index is 12.0. The molecule has 27 heavy (non-hydrogen) atoms. The number of benzene rings is 1. The second-order valence-electron chi connectivity index (χ2n) is 7.35. The summed E-state index contributed by atoms with van der Waals surface area (Å²) in [5.74, 6) is 0.745. The molecule has 1 aromatic rings. The van der Waals surface area contributed by atoms with Crippen LogP contribution in [0.3, 0.4) is 0 Å². The first-order chi connectivity index (χ1) is 13.2. The Morgan fingerprint density at radius 3 is 2.26 bits per heavy atom. The smallest absolute Gasteiger partial charge is 0.160 e. The van der Waals surface area contributed by atoms with Crippen molar-refractivity contribution in [2.75, 3.05) is 7.11 Å². The zero-order valence-electron chi connectivity index (χ0n) is 17.3. The van der Waals surface area contributed by atoms with Gasteiger partial charge in [0.15, 0.2) is 17.3 Å². The highest BCUT2D eigenvalue weighted by molar-refractivity contribution is 5.89. The Labute approximate surface area is 165 Å². The molecule has 152 valence electrons. The molecule has 0 heterocycles. The van der Waals surface area contributed by atoms with Crippen LogP contribution in [0.15, 0.2) is 30.4 Å². The van der Waals surface area contributed by atoms with Crippen LogP contribution in [0.5, 0.6) is 11.5 Å². The molecule has 1 aromatic carbocycles. The lowest BCUT2D eigenvalue weighted by molar-refractivity contribution is -0.114. The molecule has 0 unspecified atom stereocenters. The molecular formula is C24H38O3. The molecule has 0 spiro atoms. The fourth-order valence-electron chi connectivity index (χ4n) is 3.19. The average molecular weight is 375 g/mol. The second-order valence-corrected chi connectivity index (χ2v) is 7.35. The normalized spacial score (nSPS) is 11.2. The molecule has 0 fully saturated rings. The molecule has 3 nitrogen and oxygen atoms in total. The van der Waals surface area contributed by atoms with E-state index in [0.29, 0.717) is 18.6 Å². The summed E-state index contributed by atoms with van der Waals surface area (Å²) >= 11 is 0. The van der Waals surface area contributed by atoms with Crippen LogP contribution >= 0.6 is 0 Å². The van der Waals surface area contributed by atoms with Gasteiger partial charge >= 0.3 is 0 Å². The van der Waals surface area contributed by atoms with Crippen LogP contribution in [0.4, 0.5) is 0 Å². The number of aryl methyl sites for hydroxylation is 1. The van der Waals surface area contributed by atoms with Crippen molar-refractivity contribution in [2.24, 2.45) is 0 Å². The second kappa shape index (κ2) is 15.3. The number of phenolic OH excluding ortho intramolecular Hbond substituents is 1. The molecule has 1 rings (SSSR count). The molecule has 3 heteroatoms. The van der Waals surface area contributed by atoms with Crippen LogP contribution in [-0.4, -0.2) is 18.0 Å². The first kappa shape index (κ1) is 23.3.